The molecule has 3 heterocycles. The molecule has 1 amide bonds. The van der Waals surface area contributed by atoms with Gasteiger partial charge in [-0.1, -0.05) is 46.2 Å². The molecule has 1 atom stereocenters. The Bertz CT molecular complexity index is 1340. The standard InChI is InChI=1S/C22H16BrClN4O2S/c1-2-31-22-26-21(29)19-15-11-13(23)5-8-16(15)25-20(28(19)27-22)18-10-9-17(30-18)12-3-6-14(24)7-4-12/h3-11,20H,2H2,1H3,(H,26,27,29)/t20-/m1/s1. The molecule has 1 aromatic heterocycles. The van der Waals surface area contributed by atoms with Crippen LogP contribution in [0.4, 0.5) is 0 Å². The van der Waals surface area contributed by atoms with E-state index in [-0.39, 0.29) is 5.91 Å². The Balaban J connectivity index is 1.65. The molecule has 5 rings (SSSR count). The van der Waals surface area contributed by atoms with Crippen molar-refractivity contribution in [1.29, 1.82) is 0 Å². The Morgan fingerprint density at radius 1 is 1.19 bits per heavy atom. The van der Waals surface area contributed by atoms with E-state index in [1.165, 1.54) is 11.8 Å². The Hall–Kier alpha value is -2.55. The highest BCUT2D eigenvalue weighted by atomic mass is 79.9. The van der Waals surface area contributed by atoms with Crippen LogP contribution in [-0.2, 0) is 4.79 Å². The van der Waals surface area contributed by atoms with Gasteiger partial charge in [0.15, 0.2) is 10.9 Å². The number of amides is 1. The first-order chi connectivity index (χ1) is 15.0. The molecule has 1 N–H and O–H groups in total. The van der Waals surface area contributed by atoms with E-state index < -0.39 is 6.17 Å². The number of benzene rings is 2. The van der Waals surface area contributed by atoms with E-state index in [1.54, 1.807) is 5.01 Å². The molecule has 156 valence electrons. The van der Waals surface area contributed by atoms with Crippen LogP contribution in [0.2, 0.25) is 5.02 Å². The highest BCUT2D eigenvalue weighted by Gasteiger charge is 2.36. The molecule has 0 bridgehead atoms. The predicted molar refractivity (Wildman–Crippen MR) is 126 cm³/mol. The minimum atomic E-state index is -0.594. The maximum atomic E-state index is 13.0. The van der Waals surface area contributed by atoms with Crippen LogP contribution in [0.1, 0.15) is 18.8 Å². The average Bonchev–Trinajstić information content (AvgIpc) is 3.23. The molecular weight excluding hydrogens is 500 g/mol. The lowest BCUT2D eigenvalue weighted by molar-refractivity contribution is -0.116. The van der Waals surface area contributed by atoms with Gasteiger partial charge in [0.05, 0.1) is 5.36 Å². The van der Waals surface area contributed by atoms with Crippen LogP contribution in [0.25, 0.3) is 17.0 Å². The minimum Gasteiger partial charge on any atom is -0.457 e. The molecule has 31 heavy (non-hydrogen) atoms. The van der Waals surface area contributed by atoms with E-state index in [4.69, 9.17) is 21.0 Å². The molecular formula is C22H16BrClN4O2S. The number of thioether (sulfide) groups is 1. The first-order valence-electron chi connectivity index (χ1n) is 9.59. The highest BCUT2D eigenvalue weighted by molar-refractivity contribution is 9.10. The number of hydrogen-bond acceptors (Lipinski definition) is 6. The molecule has 9 heteroatoms. The average molecular weight is 516 g/mol. The molecule has 0 saturated carbocycles. The van der Waals surface area contributed by atoms with Crippen LogP contribution in [0.3, 0.4) is 0 Å². The van der Waals surface area contributed by atoms with Crippen molar-refractivity contribution < 1.29 is 9.21 Å². The third-order valence-corrected chi connectivity index (χ3v) is 6.35. The topological polar surface area (TPSA) is 70.2 Å². The summed E-state index contributed by atoms with van der Waals surface area (Å²) < 4.78 is 7.02. The first kappa shape index (κ1) is 20.4. The van der Waals surface area contributed by atoms with Gasteiger partial charge in [-0.3, -0.25) is 10.1 Å². The van der Waals surface area contributed by atoms with Crippen molar-refractivity contribution >= 4 is 56.1 Å². The lowest BCUT2D eigenvalue weighted by Gasteiger charge is -2.32. The molecule has 0 fully saturated rings. The van der Waals surface area contributed by atoms with Crippen molar-refractivity contribution in [2.45, 2.75) is 13.1 Å². The molecule has 2 aromatic carbocycles. The molecule has 0 spiro atoms. The molecule has 6 nitrogen and oxygen atoms in total. The fourth-order valence-corrected chi connectivity index (χ4v) is 4.57. The van der Waals surface area contributed by atoms with Gasteiger partial charge in [-0.05, 0) is 60.4 Å². The number of furan rings is 1. The Kier molecular flexibility index (Phi) is 5.37. The van der Waals surface area contributed by atoms with Crippen molar-refractivity contribution in [3.05, 3.63) is 80.4 Å². The van der Waals surface area contributed by atoms with Crippen molar-refractivity contribution in [3.63, 3.8) is 0 Å². The molecule has 2 aliphatic rings. The molecule has 0 saturated heterocycles. The maximum Gasteiger partial charge on any atom is 0.276 e. The zero-order chi connectivity index (χ0) is 21.5. The number of rotatable bonds is 3. The number of hydrogen-bond donors (Lipinski definition) is 1. The van der Waals surface area contributed by atoms with Crippen LogP contribution in [0, 0.1) is 0 Å². The second-order valence-electron chi connectivity index (χ2n) is 6.86. The van der Waals surface area contributed by atoms with Gasteiger partial charge in [0.2, 0.25) is 6.17 Å². The molecule has 2 aliphatic heterocycles. The van der Waals surface area contributed by atoms with Gasteiger partial charge in [-0.2, -0.15) is 0 Å². The summed E-state index contributed by atoms with van der Waals surface area (Å²) in [7, 11) is 0. The molecule has 0 radical (unpaired) electrons. The molecule has 0 unspecified atom stereocenters. The van der Waals surface area contributed by atoms with Crippen LogP contribution in [0.5, 0.6) is 0 Å². The number of carbonyl (C=O) groups excluding carboxylic acids is 1. The number of nitrogens with one attached hydrogen (secondary N) is 1. The zero-order valence-corrected chi connectivity index (χ0v) is 19.5. The summed E-state index contributed by atoms with van der Waals surface area (Å²) in [6, 6.07) is 16.9. The summed E-state index contributed by atoms with van der Waals surface area (Å²) in [6.45, 7) is 2.01. The van der Waals surface area contributed by atoms with Crippen molar-refractivity contribution in [1.82, 2.24) is 10.3 Å². The van der Waals surface area contributed by atoms with Gasteiger partial charge < -0.3 is 4.42 Å². The lowest BCUT2D eigenvalue weighted by Crippen LogP contribution is -2.50. The quantitative estimate of drug-likeness (QED) is 0.566. The van der Waals surface area contributed by atoms with Gasteiger partial charge in [0.1, 0.15) is 11.5 Å². The fourth-order valence-electron chi connectivity index (χ4n) is 3.50. The summed E-state index contributed by atoms with van der Waals surface area (Å²) in [4.78, 5) is 17.9. The Morgan fingerprint density at radius 2 is 2.00 bits per heavy atom. The maximum absolute atomic E-state index is 13.0. The summed E-state index contributed by atoms with van der Waals surface area (Å²) in [5.41, 5.74) is 1.35. The van der Waals surface area contributed by atoms with E-state index in [2.05, 4.69) is 26.3 Å². The largest absolute Gasteiger partial charge is 0.457 e. The highest BCUT2D eigenvalue weighted by Crippen LogP contribution is 2.34. The predicted octanol–water partition coefficient (Wildman–Crippen LogP) is 4.26. The second-order valence-corrected chi connectivity index (χ2v) is 9.46. The van der Waals surface area contributed by atoms with Gasteiger partial charge in [0, 0.05) is 20.3 Å². The van der Waals surface area contributed by atoms with Crippen LogP contribution < -0.4 is 15.9 Å². The number of carbonyl (C=O) groups is 1. The summed E-state index contributed by atoms with van der Waals surface area (Å²) in [5, 5.41) is 11.8. The number of fused-ring (bicyclic) bond motifs is 2. The summed E-state index contributed by atoms with van der Waals surface area (Å²) in [5.74, 6) is 1.86. The van der Waals surface area contributed by atoms with Crippen LogP contribution >= 0.6 is 39.3 Å². The zero-order valence-electron chi connectivity index (χ0n) is 16.3. The smallest absolute Gasteiger partial charge is 0.276 e. The van der Waals surface area contributed by atoms with Crippen LogP contribution in [-0.4, -0.2) is 21.8 Å². The Morgan fingerprint density at radius 3 is 2.77 bits per heavy atom. The van der Waals surface area contributed by atoms with Gasteiger partial charge in [-0.25, -0.2) is 10.0 Å². The number of nitrogens with zero attached hydrogens (tertiary/aromatic N) is 3. The second kappa shape index (κ2) is 8.18. The van der Waals surface area contributed by atoms with Crippen LogP contribution in [0.15, 0.2) is 73.6 Å². The molecule has 3 aromatic rings. The van der Waals surface area contributed by atoms with E-state index >= 15 is 0 Å². The van der Waals surface area contributed by atoms with Crippen molar-refractivity contribution in [3.8, 4) is 11.3 Å². The fraction of sp³-hybridized carbons (Fsp3) is 0.136. The SMILES string of the molecule is CCSC1=NN2C(=c3cc(Br)ccc3=N[C@H]2c2ccc(-c3ccc(Cl)cc3)o2)C(=O)N1. The third-order valence-electron chi connectivity index (χ3n) is 4.86. The monoisotopic (exact) mass is 514 g/mol. The number of hydrazone groups is 1. The van der Waals surface area contributed by atoms with E-state index in [0.717, 1.165) is 21.0 Å². The molecule has 0 aliphatic carbocycles. The van der Waals surface area contributed by atoms with E-state index in [1.807, 2.05) is 61.5 Å². The van der Waals surface area contributed by atoms with Crippen molar-refractivity contribution in [2.24, 2.45) is 10.1 Å². The summed E-state index contributed by atoms with van der Waals surface area (Å²) >= 11 is 11.0. The Labute approximate surface area is 195 Å². The normalized spacial score (nSPS) is 17.5. The lowest BCUT2D eigenvalue weighted by atomic mass is 10.1. The van der Waals surface area contributed by atoms with E-state index in [9.17, 15) is 4.79 Å². The first-order valence-corrected chi connectivity index (χ1v) is 11.7. The van der Waals surface area contributed by atoms with Crippen molar-refractivity contribution in [2.75, 3.05) is 5.75 Å². The summed E-state index contributed by atoms with van der Waals surface area (Å²) in [6.07, 6.45) is -0.594. The number of amidine groups is 1. The third kappa shape index (κ3) is 3.79. The van der Waals surface area contributed by atoms with E-state index in [0.29, 0.717) is 32.8 Å². The van der Waals surface area contributed by atoms with Gasteiger partial charge in [0.25, 0.3) is 5.91 Å². The number of halogens is 2. The minimum absolute atomic E-state index is 0.213. The van der Waals surface area contributed by atoms with Gasteiger partial charge in [-0.15, -0.1) is 5.10 Å². The van der Waals surface area contributed by atoms with Gasteiger partial charge >= 0.3 is 0 Å².